The fraction of sp³-hybridized carbons (Fsp3) is 0.500. The van der Waals surface area contributed by atoms with Gasteiger partial charge in [0.1, 0.15) is 0 Å². The quantitative estimate of drug-likeness (QED) is 0.841. The average Bonchev–Trinajstić information content (AvgIpc) is 2.36. The molecule has 1 heterocycles. The van der Waals surface area contributed by atoms with Crippen molar-refractivity contribution in [1.82, 2.24) is 4.90 Å². The SMILES string of the molecule is CC1CCCCN1CC(=O)Nc1c(N)cc(Cl)cc1Cl. The smallest absolute Gasteiger partial charge is 0.238 e. The van der Waals surface area contributed by atoms with E-state index in [1.165, 1.54) is 6.42 Å². The van der Waals surface area contributed by atoms with Gasteiger partial charge in [0.05, 0.1) is 22.9 Å². The van der Waals surface area contributed by atoms with Crippen LogP contribution in [0.4, 0.5) is 11.4 Å². The van der Waals surface area contributed by atoms with Crippen LogP contribution in [0.1, 0.15) is 26.2 Å². The Balaban J connectivity index is 2.01. The standard InChI is InChI=1S/C14H19Cl2N3O/c1-9-4-2-3-5-19(9)8-13(20)18-14-11(16)6-10(15)7-12(14)17/h6-7,9H,2-5,8,17H2,1H3,(H,18,20). The molecule has 0 radical (unpaired) electrons. The Bertz CT molecular complexity index is 484. The van der Waals surface area contributed by atoms with E-state index in [-0.39, 0.29) is 5.91 Å². The van der Waals surface area contributed by atoms with E-state index in [9.17, 15) is 4.79 Å². The number of hydrogen-bond acceptors (Lipinski definition) is 3. The van der Waals surface area contributed by atoms with Crippen LogP contribution in [0.2, 0.25) is 10.0 Å². The minimum atomic E-state index is -0.102. The van der Waals surface area contributed by atoms with Crippen LogP contribution in [-0.4, -0.2) is 29.9 Å². The second-order valence-corrected chi connectivity index (χ2v) is 6.06. The minimum absolute atomic E-state index is 0.102. The van der Waals surface area contributed by atoms with Crippen molar-refractivity contribution in [2.24, 2.45) is 0 Å². The summed E-state index contributed by atoms with van der Waals surface area (Å²) in [5, 5.41) is 3.59. The first-order chi connectivity index (χ1) is 9.47. The molecule has 6 heteroatoms. The number of nitrogens with zero attached hydrogens (tertiary/aromatic N) is 1. The maximum Gasteiger partial charge on any atom is 0.238 e. The van der Waals surface area contributed by atoms with Crippen LogP contribution in [0.5, 0.6) is 0 Å². The van der Waals surface area contributed by atoms with Crippen molar-refractivity contribution in [3.63, 3.8) is 0 Å². The lowest BCUT2D eigenvalue weighted by molar-refractivity contribution is -0.118. The molecule has 1 aromatic carbocycles. The third kappa shape index (κ3) is 3.78. The van der Waals surface area contributed by atoms with E-state index in [2.05, 4.69) is 17.1 Å². The zero-order valence-electron chi connectivity index (χ0n) is 11.5. The third-order valence-corrected chi connectivity index (χ3v) is 4.15. The fourth-order valence-corrected chi connectivity index (χ4v) is 3.04. The molecule has 0 aliphatic carbocycles. The van der Waals surface area contributed by atoms with Crippen molar-refractivity contribution in [2.45, 2.75) is 32.2 Å². The van der Waals surface area contributed by atoms with Crippen LogP contribution >= 0.6 is 23.2 Å². The zero-order chi connectivity index (χ0) is 14.7. The predicted octanol–water partition coefficient (Wildman–Crippen LogP) is 3.39. The molecule has 1 aliphatic rings. The van der Waals surface area contributed by atoms with E-state index in [1.54, 1.807) is 12.1 Å². The van der Waals surface area contributed by atoms with Gasteiger partial charge in [0.25, 0.3) is 0 Å². The highest BCUT2D eigenvalue weighted by Crippen LogP contribution is 2.32. The Hall–Kier alpha value is -0.970. The monoisotopic (exact) mass is 315 g/mol. The number of rotatable bonds is 3. The summed E-state index contributed by atoms with van der Waals surface area (Å²) in [5.74, 6) is -0.102. The van der Waals surface area contributed by atoms with Gasteiger partial charge in [0.2, 0.25) is 5.91 Å². The van der Waals surface area contributed by atoms with Crippen LogP contribution in [0.3, 0.4) is 0 Å². The molecule has 1 aliphatic heterocycles. The summed E-state index contributed by atoms with van der Waals surface area (Å²) in [6.07, 6.45) is 3.51. The van der Waals surface area contributed by atoms with E-state index in [0.29, 0.717) is 34.0 Å². The van der Waals surface area contributed by atoms with E-state index in [4.69, 9.17) is 28.9 Å². The molecule has 1 amide bonds. The van der Waals surface area contributed by atoms with Crippen LogP contribution < -0.4 is 11.1 Å². The number of anilines is 2. The largest absolute Gasteiger partial charge is 0.397 e. The number of likely N-dealkylation sites (tertiary alicyclic amines) is 1. The summed E-state index contributed by atoms with van der Waals surface area (Å²) < 4.78 is 0. The molecule has 4 nitrogen and oxygen atoms in total. The highest BCUT2D eigenvalue weighted by atomic mass is 35.5. The van der Waals surface area contributed by atoms with Gasteiger partial charge in [-0.15, -0.1) is 0 Å². The van der Waals surface area contributed by atoms with Crippen LogP contribution in [0, 0.1) is 0 Å². The summed E-state index contributed by atoms with van der Waals surface area (Å²) in [5.41, 5.74) is 6.65. The number of carbonyl (C=O) groups excluding carboxylic acids is 1. The van der Waals surface area contributed by atoms with Gasteiger partial charge in [0, 0.05) is 11.1 Å². The van der Waals surface area contributed by atoms with Crippen molar-refractivity contribution in [3.8, 4) is 0 Å². The summed E-state index contributed by atoms with van der Waals surface area (Å²) in [6, 6.07) is 3.58. The number of amides is 1. The molecular weight excluding hydrogens is 297 g/mol. The van der Waals surface area contributed by atoms with Crippen molar-refractivity contribution < 1.29 is 4.79 Å². The lowest BCUT2D eigenvalue weighted by atomic mass is 10.0. The molecule has 20 heavy (non-hydrogen) atoms. The molecule has 1 saturated heterocycles. The molecule has 1 fully saturated rings. The lowest BCUT2D eigenvalue weighted by Gasteiger charge is -2.32. The first kappa shape index (κ1) is 15.4. The Morgan fingerprint density at radius 1 is 1.45 bits per heavy atom. The second kappa shape index (κ2) is 6.66. The molecule has 3 N–H and O–H groups in total. The fourth-order valence-electron chi connectivity index (χ4n) is 2.48. The highest BCUT2D eigenvalue weighted by molar-refractivity contribution is 6.37. The van der Waals surface area contributed by atoms with E-state index >= 15 is 0 Å². The van der Waals surface area contributed by atoms with Gasteiger partial charge in [-0.05, 0) is 38.4 Å². The summed E-state index contributed by atoms with van der Waals surface area (Å²) in [6.45, 7) is 3.47. The van der Waals surface area contributed by atoms with Gasteiger partial charge >= 0.3 is 0 Å². The summed E-state index contributed by atoms with van der Waals surface area (Å²) in [7, 11) is 0. The highest BCUT2D eigenvalue weighted by Gasteiger charge is 2.21. The molecular formula is C14H19Cl2N3O. The normalized spacial score (nSPS) is 19.9. The van der Waals surface area contributed by atoms with Gasteiger partial charge in [-0.3, -0.25) is 9.69 Å². The number of halogens is 2. The molecule has 0 aromatic heterocycles. The zero-order valence-corrected chi connectivity index (χ0v) is 13.0. The topological polar surface area (TPSA) is 58.4 Å². The maximum absolute atomic E-state index is 12.1. The maximum atomic E-state index is 12.1. The van der Waals surface area contributed by atoms with Crippen LogP contribution in [0.15, 0.2) is 12.1 Å². The molecule has 0 bridgehead atoms. The molecule has 1 aromatic rings. The number of nitrogen functional groups attached to an aromatic ring is 1. The number of benzene rings is 1. The van der Waals surface area contributed by atoms with Gasteiger partial charge < -0.3 is 11.1 Å². The summed E-state index contributed by atoms with van der Waals surface area (Å²) in [4.78, 5) is 14.3. The predicted molar refractivity (Wildman–Crippen MR) is 84.4 cm³/mol. The number of piperidine rings is 1. The van der Waals surface area contributed by atoms with Crippen molar-refractivity contribution >= 4 is 40.5 Å². The molecule has 1 unspecified atom stereocenters. The molecule has 110 valence electrons. The second-order valence-electron chi connectivity index (χ2n) is 5.22. The third-order valence-electron chi connectivity index (χ3n) is 3.64. The first-order valence-corrected chi connectivity index (χ1v) is 7.51. The number of nitrogens with one attached hydrogen (secondary N) is 1. The molecule has 1 atom stereocenters. The van der Waals surface area contributed by atoms with Gasteiger partial charge in [0.15, 0.2) is 0 Å². The van der Waals surface area contributed by atoms with Crippen molar-refractivity contribution in [1.29, 1.82) is 0 Å². The van der Waals surface area contributed by atoms with Crippen molar-refractivity contribution in [2.75, 3.05) is 24.1 Å². The Morgan fingerprint density at radius 3 is 2.85 bits per heavy atom. The number of nitrogens with two attached hydrogens (primary N) is 1. The Morgan fingerprint density at radius 2 is 2.20 bits per heavy atom. The van der Waals surface area contributed by atoms with Gasteiger partial charge in [-0.2, -0.15) is 0 Å². The van der Waals surface area contributed by atoms with E-state index in [0.717, 1.165) is 19.4 Å². The lowest BCUT2D eigenvalue weighted by Crippen LogP contribution is -2.42. The number of hydrogen-bond donors (Lipinski definition) is 2. The average molecular weight is 316 g/mol. The first-order valence-electron chi connectivity index (χ1n) is 6.76. The van der Waals surface area contributed by atoms with Gasteiger partial charge in [-0.1, -0.05) is 29.6 Å². The Kier molecular flexibility index (Phi) is 5.13. The van der Waals surface area contributed by atoms with E-state index < -0.39 is 0 Å². The molecule has 0 saturated carbocycles. The minimum Gasteiger partial charge on any atom is -0.397 e. The van der Waals surface area contributed by atoms with E-state index in [1.807, 2.05) is 0 Å². The van der Waals surface area contributed by atoms with Gasteiger partial charge in [-0.25, -0.2) is 0 Å². The molecule has 2 rings (SSSR count). The van der Waals surface area contributed by atoms with Crippen LogP contribution in [0.25, 0.3) is 0 Å². The Labute approximate surface area is 129 Å². The number of carbonyl (C=O) groups is 1. The summed E-state index contributed by atoms with van der Waals surface area (Å²) >= 11 is 11.9. The molecule has 0 spiro atoms. The van der Waals surface area contributed by atoms with Crippen LogP contribution in [-0.2, 0) is 4.79 Å². The van der Waals surface area contributed by atoms with Crippen molar-refractivity contribution in [3.05, 3.63) is 22.2 Å².